The Hall–Kier alpha value is -3.26. The van der Waals surface area contributed by atoms with Crippen LogP contribution in [0.15, 0.2) is 97.1 Å². The highest BCUT2D eigenvalue weighted by atomic mass is 16.3. The van der Waals surface area contributed by atoms with E-state index in [2.05, 4.69) is 62.4 Å². The quantitative estimate of drug-likeness (QED) is 0.440. The number of hydrogen-bond acceptors (Lipinski definition) is 2. The summed E-state index contributed by atoms with van der Waals surface area (Å²) in [4.78, 5) is 0. The maximum atomic E-state index is 9.86. The van der Waals surface area contributed by atoms with Crippen molar-refractivity contribution in [3.63, 3.8) is 0 Å². The number of benzene rings is 3. The molecule has 32 heavy (non-hydrogen) atoms. The van der Waals surface area contributed by atoms with Gasteiger partial charge in [0.2, 0.25) is 0 Å². The van der Waals surface area contributed by atoms with Gasteiger partial charge in [-0.1, -0.05) is 107 Å². The lowest BCUT2D eigenvalue weighted by atomic mass is 9.63. The number of phenolic OH excluding ortho intramolecular Hbond substituents is 2. The van der Waals surface area contributed by atoms with Gasteiger partial charge < -0.3 is 10.2 Å². The van der Waals surface area contributed by atoms with Crippen LogP contribution in [0.1, 0.15) is 62.3 Å². The molecular formula is C30H34O2. The maximum absolute atomic E-state index is 9.86. The van der Waals surface area contributed by atoms with Gasteiger partial charge in [-0.25, -0.2) is 0 Å². The standard InChI is InChI=1S/C25H20O2.C3H8.C2H6/c26-19-13-9-17(10-14-19)25(18-11-15-20(27)16-12-18)23-7-3-1-5-21(23)22-6-2-4-8-24(22)25;1-3-2;1-2/h1-16,21,23,26-27H;3H2,1-2H3;1-2H3. The van der Waals surface area contributed by atoms with E-state index < -0.39 is 0 Å². The van der Waals surface area contributed by atoms with Crippen molar-refractivity contribution in [2.75, 3.05) is 0 Å². The zero-order valence-electron chi connectivity index (χ0n) is 19.5. The molecule has 2 nitrogen and oxygen atoms in total. The Kier molecular flexibility index (Phi) is 7.58. The molecule has 2 unspecified atom stereocenters. The van der Waals surface area contributed by atoms with Gasteiger partial charge in [0.1, 0.15) is 11.5 Å². The second-order valence-corrected chi connectivity index (χ2v) is 8.02. The van der Waals surface area contributed by atoms with Crippen molar-refractivity contribution in [3.05, 3.63) is 119 Å². The minimum atomic E-state index is -0.371. The van der Waals surface area contributed by atoms with Crippen molar-refractivity contribution in [3.8, 4) is 11.5 Å². The normalized spacial score (nSPS) is 19.0. The Morgan fingerprint density at radius 2 is 1.16 bits per heavy atom. The maximum Gasteiger partial charge on any atom is 0.115 e. The lowest BCUT2D eigenvalue weighted by Gasteiger charge is -2.38. The van der Waals surface area contributed by atoms with Gasteiger partial charge in [-0.05, 0) is 46.5 Å². The smallest absolute Gasteiger partial charge is 0.115 e. The highest BCUT2D eigenvalue weighted by Gasteiger charge is 2.52. The van der Waals surface area contributed by atoms with Crippen LogP contribution >= 0.6 is 0 Å². The fourth-order valence-corrected chi connectivity index (χ4v) is 4.96. The fourth-order valence-electron chi connectivity index (χ4n) is 4.96. The Morgan fingerprint density at radius 1 is 0.688 bits per heavy atom. The first-order valence-corrected chi connectivity index (χ1v) is 11.7. The molecule has 0 fully saturated rings. The Morgan fingerprint density at radius 3 is 1.69 bits per heavy atom. The van der Waals surface area contributed by atoms with E-state index in [1.807, 2.05) is 38.1 Å². The van der Waals surface area contributed by atoms with Gasteiger partial charge in [-0.15, -0.1) is 0 Å². The highest BCUT2D eigenvalue weighted by Crippen LogP contribution is 2.59. The molecule has 0 bridgehead atoms. The molecule has 0 amide bonds. The predicted octanol–water partition coefficient (Wildman–Crippen LogP) is 7.71. The van der Waals surface area contributed by atoms with Crippen molar-refractivity contribution in [2.45, 2.75) is 45.4 Å². The Bertz CT molecular complexity index is 1010. The topological polar surface area (TPSA) is 40.5 Å². The van der Waals surface area contributed by atoms with E-state index in [-0.39, 0.29) is 22.8 Å². The van der Waals surface area contributed by atoms with Crippen LogP contribution in [0.4, 0.5) is 0 Å². The van der Waals surface area contributed by atoms with E-state index in [0.717, 1.165) is 11.1 Å². The van der Waals surface area contributed by atoms with E-state index >= 15 is 0 Å². The van der Waals surface area contributed by atoms with Crippen molar-refractivity contribution < 1.29 is 10.2 Å². The fraction of sp³-hybridized carbons (Fsp3) is 0.267. The molecule has 0 spiro atoms. The number of phenols is 2. The summed E-state index contributed by atoms with van der Waals surface area (Å²) in [5, 5.41) is 19.7. The average molecular weight is 427 g/mol. The second-order valence-electron chi connectivity index (χ2n) is 8.02. The minimum absolute atomic E-state index is 0.231. The third-order valence-electron chi connectivity index (χ3n) is 6.02. The summed E-state index contributed by atoms with van der Waals surface area (Å²) in [6, 6.07) is 23.8. The first-order valence-electron chi connectivity index (χ1n) is 11.7. The molecule has 3 aromatic rings. The van der Waals surface area contributed by atoms with Crippen LogP contribution in [-0.2, 0) is 5.41 Å². The van der Waals surface area contributed by atoms with Gasteiger partial charge in [0, 0.05) is 11.8 Å². The molecule has 0 aliphatic heterocycles. The summed E-state index contributed by atoms with van der Waals surface area (Å²) < 4.78 is 0. The van der Waals surface area contributed by atoms with Crippen LogP contribution < -0.4 is 0 Å². The number of hydrogen-bond donors (Lipinski definition) is 2. The van der Waals surface area contributed by atoms with Gasteiger partial charge in [0.05, 0.1) is 5.41 Å². The van der Waals surface area contributed by atoms with E-state index in [0.29, 0.717) is 5.92 Å². The van der Waals surface area contributed by atoms with Gasteiger partial charge >= 0.3 is 0 Å². The van der Waals surface area contributed by atoms with Crippen molar-refractivity contribution in [1.29, 1.82) is 0 Å². The van der Waals surface area contributed by atoms with Crippen molar-refractivity contribution >= 4 is 0 Å². The molecule has 5 rings (SSSR count). The number of fused-ring (bicyclic) bond motifs is 3. The average Bonchev–Trinajstić information content (AvgIpc) is 3.13. The lowest BCUT2D eigenvalue weighted by molar-refractivity contribution is 0.449. The van der Waals surface area contributed by atoms with E-state index in [1.54, 1.807) is 24.3 Å². The number of rotatable bonds is 2. The Balaban J connectivity index is 0.000000536. The van der Waals surface area contributed by atoms with Crippen LogP contribution in [0, 0.1) is 5.92 Å². The summed E-state index contributed by atoms with van der Waals surface area (Å²) in [7, 11) is 0. The van der Waals surface area contributed by atoms with Gasteiger partial charge in [0.15, 0.2) is 0 Å². The molecule has 166 valence electrons. The second kappa shape index (κ2) is 10.4. The third kappa shape index (κ3) is 3.98. The summed E-state index contributed by atoms with van der Waals surface area (Å²) in [5.41, 5.74) is 4.54. The number of aromatic hydroxyl groups is 2. The third-order valence-corrected chi connectivity index (χ3v) is 6.02. The van der Waals surface area contributed by atoms with Crippen LogP contribution in [-0.4, -0.2) is 10.2 Å². The van der Waals surface area contributed by atoms with Gasteiger partial charge in [-0.2, -0.15) is 0 Å². The van der Waals surface area contributed by atoms with Gasteiger partial charge in [-0.3, -0.25) is 0 Å². The molecule has 2 aliphatic rings. The number of allylic oxidation sites excluding steroid dienone is 4. The lowest BCUT2D eigenvalue weighted by Crippen LogP contribution is -2.34. The molecule has 0 saturated carbocycles. The molecule has 2 atom stereocenters. The molecule has 0 radical (unpaired) electrons. The van der Waals surface area contributed by atoms with Crippen LogP contribution in [0.3, 0.4) is 0 Å². The van der Waals surface area contributed by atoms with Crippen LogP contribution in [0.2, 0.25) is 0 Å². The van der Waals surface area contributed by atoms with Crippen molar-refractivity contribution in [2.24, 2.45) is 5.92 Å². The molecule has 0 heterocycles. The zero-order chi connectivity index (χ0) is 23.1. The van der Waals surface area contributed by atoms with Crippen molar-refractivity contribution in [1.82, 2.24) is 0 Å². The first-order chi connectivity index (χ1) is 15.6. The van der Waals surface area contributed by atoms with Crippen LogP contribution in [0.5, 0.6) is 11.5 Å². The first kappa shape index (κ1) is 23.4. The molecule has 2 N–H and O–H groups in total. The largest absolute Gasteiger partial charge is 0.508 e. The molecular weight excluding hydrogens is 392 g/mol. The SMILES string of the molecule is CC.CCC.Oc1ccc(C2(c3ccc(O)cc3)c3ccccc3C3C=CC=CC32)cc1. The predicted molar refractivity (Wildman–Crippen MR) is 134 cm³/mol. The molecule has 2 aliphatic carbocycles. The summed E-state index contributed by atoms with van der Waals surface area (Å²) in [6.07, 6.45) is 10.1. The van der Waals surface area contributed by atoms with Gasteiger partial charge in [0.25, 0.3) is 0 Å². The summed E-state index contributed by atoms with van der Waals surface area (Å²) in [6.45, 7) is 8.25. The summed E-state index contributed by atoms with van der Waals surface area (Å²) >= 11 is 0. The molecule has 0 saturated heterocycles. The molecule has 2 heteroatoms. The Labute approximate surface area is 192 Å². The monoisotopic (exact) mass is 426 g/mol. The van der Waals surface area contributed by atoms with E-state index in [1.165, 1.54) is 17.5 Å². The molecule has 0 aromatic heterocycles. The van der Waals surface area contributed by atoms with E-state index in [9.17, 15) is 10.2 Å². The van der Waals surface area contributed by atoms with E-state index in [4.69, 9.17) is 0 Å². The highest BCUT2D eigenvalue weighted by molar-refractivity contribution is 5.63. The van der Waals surface area contributed by atoms with Crippen LogP contribution in [0.25, 0.3) is 0 Å². The minimum Gasteiger partial charge on any atom is -0.508 e. The molecule has 3 aromatic carbocycles. The zero-order valence-corrected chi connectivity index (χ0v) is 19.5. The summed E-state index contributed by atoms with van der Waals surface area (Å²) in [5.74, 6) is 1.06.